The molecule has 3 aliphatic rings. The Balaban J connectivity index is 1.11. The number of aromatic nitrogens is 2. The zero-order valence-electron chi connectivity index (χ0n) is 25.7. The van der Waals surface area contributed by atoms with Crippen molar-refractivity contribution >= 4 is 24.5 Å². The minimum absolute atomic E-state index is 0.0326. The maximum Gasteiger partial charge on any atom is 0.573 e. The van der Waals surface area contributed by atoms with E-state index in [1.165, 1.54) is 19.2 Å². The maximum absolute atomic E-state index is 13.4. The van der Waals surface area contributed by atoms with Crippen molar-refractivity contribution in [3.05, 3.63) is 36.0 Å². The van der Waals surface area contributed by atoms with Gasteiger partial charge in [-0.05, 0) is 50.7 Å². The lowest BCUT2D eigenvalue weighted by molar-refractivity contribution is -0.274. The lowest BCUT2D eigenvalue weighted by Crippen LogP contribution is -2.54. The van der Waals surface area contributed by atoms with Crippen LogP contribution in [0.15, 0.2) is 30.3 Å². The van der Waals surface area contributed by atoms with Gasteiger partial charge in [0, 0.05) is 57.5 Å². The van der Waals surface area contributed by atoms with E-state index in [0.717, 1.165) is 50.6 Å². The number of rotatable bonds is 11. The van der Waals surface area contributed by atoms with E-state index in [0.29, 0.717) is 45.4 Å². The molecule has 0 bridgehead atoms. The molecule has 246 valence electrons. The van der Waals surface area contributed by atoms with E-state index in [4.69, 9.17) is 18.9 Å². The molecule has 45 heavy (non-hydrogen) atoms. The van der Waals surface area contributed by atoms with Crippen molar-refractivity contribution in [2.75, 3.05) is 52.4 Å². The summed E-state index contributed by atoms with van der Waals surface area (Å²) >= 11 is 0. The summed E-state index contributed by atoms with van der Waals surface area (Å²) in [7, 11) is 3.75. The molecule has 2 aromatic rings. The number of benzene rings is 1. The van der Waals surface area contributed by atoms with Crippen molar-refractivity contribution in [2.45, 2.75) is 75.2 Å². The van der Waals surface area contributed by atoms with Gasteiger partial charge in [-0.25, -0.2) is 0 Å². The average molecular weight is 635 g/mol. The van der Waals surface area contributed by atoms with Gasteiger partial charge in [0.25, 0.3) is 5.91 Å². The number of carbonyl (C=O) groups excluding carboxylic acids is 1. The molecule has 1 amide bonds. The van der Waals surface area contributed by atoms with Crippen LogP contribution >= 0.6 is 0 Å². The predicted molar refractivity (Wildman–Crippen MR) is 162 cm³/mol. The highest BCUT2D eigenvalue weighted by atomic mass is 19.4. The van der Waals surface area contributed by atoms with Gasteiger partial charge in [0.2, 0.25) is 0 Å². The van der Waals surface area contributed by atoms with Crippen LogP contribution in [-0.4, -0.2) is 112 Å². The third-order valence-corrected chi connectivity index (χ3v) is 8.51. The zero-order valence-corrected chi connectivity index (χ0v) is 25.7. The monoisotopic (exact) mass is 635 g/mol. The third-order valence-electron chi connectivity index (χ3n) is 8.51. The number of likely N-dealkylation sites (tertiary alicyclic amines) is 1. The number of carbonyl (C=O) groups is 1. The van der Waals surface area contributed by atoms with Gasteiger partial charge in [0.05, 0.1) is 25.9 Å². The van der Waals surface area contributed by atoms with Crippen molar-refractivity contribution in [2.24, 2.45) is 0 Å². The van der Waals surface area contributed by atoms with Gasteiger partial charge in [0.15, 0.2) is 7.28 Å². The molecule has 11 nitrogen and oxygen atoms in total. The Bertz CT molecular complexity index is 1250. The first-order valence-corrected chi connectivity index (χ1v) is 15.5. The Morgan fingerprint density at radius 1 is 1.09 bits per heavy atom. The van der Waals surface area contributed by atoms with Crippen LogP contribution in [0, 0.1) is 0 Å². The number of alkyl halides is 3. The highest BCUT2D eigenvalue weighted by molar-refractivity contribution is 6.54. The number of halogens is 3. The molecule has 0 saturated carbocycles. The van der Waals surface area contributed by atoms with Gasteiger partial charge in [-0.15, -0.1) is 13.2 Å². The van der Waals surface area contributed by atoms with E-state index in [-0.39, 0.29) is 47.6 Å². The number of nitrogens with zero attached hydrogens (tertiary/aromatic N) is 3. The van der Waals surface area contributed by atoms with Crippen LogP contribution in [0.3, 0.4) is 0 Å². The molecule has 4 heterocycles. The Morgan fingerprint density at radius 3 is 2.58 bits per heavy atom. The second-order valence-corrected chi connectivity index (χ2v) is 11.7. The Labute approximate surface area is 261 Å². The number of piperidine rings is 1. The number of anilines is 1. The van der Waals surface area contributed by atoms with Crippen LogP contribution in [0.25, 0.3) is 0 Å². The fourth-order valence-electron chi connectivity index (χ4n) is 6.16. The largest absolute Gasteiger partial charge is 0.573 e. The topological polar surface area (TPSA) is 116 Å². The van der Waals surface area contributed by atoms with E-state index >= 15 is 0 Å². The summed E-state index contributed by atoms with van der Waals surface area (Å²) in [4.78, 5) is 24.0. The molecule has 2 N–H and O–H groups in total. The number of hydrogen-bond acceptors (Lipinski definition) is 10. The smallest absolute Gasteiger partial charge is 0.467 e. The molecule has 3 saturated heterocycles. The van der Waals surface area contributed by atoms with E-state index in [2.05, 4.69) is 25.3 Å². The van der Waals surface area contributed by atoms with Crippen LogP contribution in [-0.2, 0) is 14.2 Å². The third kappa shape index (κ3) is 9.68. The fraction of sp³-hybridized carbons (Fsp3) is 0.633. The van der Waals surface area contributed by atoms with Crippen LogP contribution in [0.5, 0.6) is 11.8 Å². The summed E-state index contributed by atoms with van der Waals surface area (Å²) in [5, 5.41) is 6.99. The molecule has 0 unspecified atom stereocenters. The molecule has 0 radical (unpaired) electrons. The summed E-state index contributed by atoms with van der Waals surface area (Å²) in [6, 6.07) is 8.10. The van der Waals surface area contributed by atoms with Gasteiger partial charge in [-0.2, -0.15) is 9.97 Å². The molecule has 1 aromatic heterocycles. The molecule has 0 aliphatic carbocycles. The quantitative estimate of drug-likeness (QED) is 0.357. The van der Waals surface area contributed by atoms with Gasteiger partial charge in [-0.1, -0.05) is 17.6 Å². The van der Waals surface area contributed by atoms with Crippen LogP contribution < -0.4 is 25.6 Å². The zero-order chi connectivity index (χ0) is 31.8. The summed E-state index contributed by atoms with van der Waals surface area (Å²) in [5.74, 6) is 0.0558. The Morgan fingerprint density at radius 2 is 1.87 bits per heavy atom. The van der Waals surface area contributed by atoms with Crippen LogP contribution in [0.4, 0.5) is 19.0 Å². The molecule has 4 atom stereocenters. The normalized spacial score (nSPS) is 24.6. The number of amides is 1. The molecule has 3 fully saturated rings. The first kappa shape index (κ1) is 33.2. The summed E-state index contributed by atoms with van der Waals surface area (Å²) in [6.45, 7) is 3.00. The van der Waals surface area contributed by atoms with E-state index in [9.17, 15) is 18.0 Å². The molecule has 0 spiro atoms. The minimum Gasteiger partial charge on any atom is -0.467 e. The molecule has 3 aliphatic heterocycles. The van der Waals surface area contributed by atoms with Gasteiger partial charge < -0.3 is 39.2 Å². The van der Waals surface area contributed by atoms with Gasteiger partial charge in [0.1, 0.15) is 17.3 Å². The standard InChI is InChI=1S/C30H41BF3N5O6/c1-41-25-18-43-15-12-23(25)36-20-10-13-39(14-11-20)28(40)24-16-27(38-29(37-24)42-2)35-17-22-4-3-5-26(44-22)31-19-6-8-21(9-7-19)45-30(32,33)34/h6-9,16,20,22-23,25-26,31,36H,3-5,10-15,17-18H2,1-2H3,(H,35,37,38)/t22-,23+,25-,26+/m1/s1. The van der Waals surface area contributed by atoms with Crippen LogP contribution in [0.2, 0.25) is 0 Å². The second kappa shape index (κ2) is 15.4. The Kier molecular flexibility index (Phi) is 11.4. The predicted octanol–water partition coefficient (Wildman–Crippen LogP) is 2.45. The first-order valence-electron chi connectivity index (χ1n) is 15.5. The van der Waals surface area contributed by atoms with E-state index in [1.54, 1.807) is 25.3 Å². The molecule has 5 rings (SSSR count). The average Bonchev–Trinajstić information content (AvgIpc) is 3.04. The summed E-state index contributed by atoms with van der Waals surface area (Å²) in [6.07, 6.45) is 0.431. The van der Waals surface area contributed by atoms with E-state index in [1.807, 2.05) is 4.90 Å². The fourth-order valence-corrected chi connectivity index (χ4v) is 6.16. The second-order valence-electron chi connectivity index (χ2n) is 11.7. The lowest BCUT2D eigenvalue weighted by Gasteiger charge is -2.38. The number of methoxy groups -OCH3 is 2. The van der Waals surface area contributed by atoms with Crippen molar-refractivity contribution in [3.8, 4) is 11.8 Å². The van der Waals surface area contributed by atoms with Gasteiger partial charge >= 0.3 is 12.4 Å². The summed E-state index contributed by atoms with van der Waals surface area (Å²) < 4.78 is 64.0. The number of ether oxygens (including phenoxy) is 5. The molecule has 1 aromatic carbocycles. The number of nitrogens with one attached hydrogen (secondary N) is 2. The maximum atomic E-state index is 13.4. The highest BCUT2D eigenvalue weighted by Gasteiger charge is 2.32. The number of hydrogen-bond donors (Lipinski definition) is 2. The minimum atomic E-state index is -4.72. The van der Waals surface area contributed by atoms with Crippen molar-refractivity contribution < 1.29 is 41.7 Å². The van der Waals surface area contributed by atoms with Crippen molar-refractivity contribution in [1.29, 1.82) is 0 Å². The van der Waals surface area contributed by atoms with Gasteiger partial charge in [-0.3, -0.25) is 4.79 Å². The highest BCUT2D eigenvalue weighted by Crippen LogP contribution is 2.24. The van der Waals surface area contributed by atoms with Crippen molar-refractivity contribution in [1.82, 2.24) is 20.2 Å². The SMILES string of the molecule is COc1nc(NC[C@H]2CCC[C@@H](Bc3ccc(OC(F)(F)F)cc3)O2)cc(C(=O)N2CCC(N[C@H]3CCOC[C@H]3OC)CC2)n1. The Hall–Kier alpha value is -3.14. The molecular formula is C30H41BF3N5O6. The lowest BCUT2D eigenvalue weighted by atomic mass is 9.62. The molecular weight excluding hydrogens is 594 g/mol. The summed E-state index contributed by atoms with van der Waals surface area (Å²) in [5.41, 5.74) is 1.13. The van der Waals surface area contributed by atoms with E-state index < -0.39 is 6.36 Å². The molecule has 15 heteroatoms. The van der Waals surface area contributed by atoms with Crippen molar-refractivity contribution in [3.63, 3.8) is 0 Å². The first-order chi connectivity index (χ1) is 21.7. The van der Waals surface area contributed by atoms with Crippen LogP contribution in [0.1, 0.15) is 49.0 Å².